The maximum Gasteiger partial charge on any atom is 0.180 e. The van der Waals surface area contributed by atoms with Crippen LogP contribution in [-0.2, 0) is 9.63 Å². The van der Waals surface area contributed by atoms with Gasteiger partial charge in [-0.05, 0) is 25.7 Å². The number of thiazole rings is 1. The van der Waals surface area contributed by atoms with E-state index in [2.05, 4.69) is 10.1 Å². The number of carbonyl (C=O) groups excluding carboxylic acids is 1. The molecule has 2 N–H and O–H groups in total. The van der Waals surface area contributed by atoms with Gasteiger partial charge in [0.05, 0.1) is 0 Å². The average Bonchev–Trinajstić information content (AvgIpc) is 2.65. The molecular formula is C12H17N3O2S. The average molecular weight is 267 g/mol. The first-order valence-corrected chi connectivity index (χ1v) is 7.08. The van der Waals surface area contributed by atoms with Crippen LogP contribution in [0.2, 0.25) is 0 Å². The van der Waals surface area contributed by atoms with Gasteiger partial charge in [0.15, 0.2) is 17.1 Å². The summed E-state index contributed by atoms with van der Waals surface area (Å²) in [6, 6.07) is 0. The van der Waals surface area contributed by atoms with Gasteiger partial charge in [0.1, 0.15) is 11.8 Å². The number of oxime groups is 1. The van der Waals surface area contributed by atoms with E-state index in [1.807, 2.05) is 0 Å². The molecule has 1 fully saturated rings. The Morgan fingerprint density at radius 1 is 1.44 bits per heavy atom. The molecule has 0 spiro atoms. The fourth-order valence-corrected chi connectivity index (χ4v) is 2.57. The van der Waals surface area contributed by atoms with Crippen molar-refractivity contribution in [3.63, 3.8) is 0 Å². The fourth-order valence-electron chi connectivity index (χ4n) is 2.01. The van der Waals surface area contributed by atoms with Crippen molar-refractivity contribution in [1.29, 1.82) is 0 Å². The molecule has 1 aromatic rings. The first kappa shape index (κ1) is 13.0. The highest BCUT2D eigenvalue weighted by Gasteiger charge is 2.14. The highest BCUT2D eigenvalue weighted by atomic mass is 32.1. The van der Waals surface area contributed by atoms with Crippen molar-refractivity contribution in [2.75, 3.05) is 5.73 Å². The first-order chi connectivity index (χ1) is 8.79. The number of hydrogen-bond donors (Lipinski definition) is 1. The SMILES string of the molecule is Nc1nc(/C(C=O)=N/OC2CCCCCC2)cs1. The molecule has 98 valence electrons. The molecule has 1 saturated carbocycles. The van der Waals surface area contributed by atoms with Gasteiger partial charge in [-0.1, -0.05) is 18.0 Å². The van der Waals surface area contributed by atoms with Crippen LogP contribution in [0, 0.1) is 0 Å². The van der Waals surface area contributed by atoms with E-state index >= 15 is 0 Å². The largest absolute Gasteiger partial charge is 0.392 e. The molecule has 0 aromatic carbocycles. The summed E-state index contributed by atoms with van der Waals surface area (Å²) in [5, 5.41) is 6.06. The zero-order valence-corrected chi connectivity index (χ0v) is 11.0. The Balaban J connectivity index is 1.99. The molecule has 0 bridgehead atoms. The van der Waals surface area contributed by atoms with Crippen LogP contribution in [0.5, 0.6) is 0 Å². The Hall–Kier alpha value is -1.43. The number of aldehydes is 1. The highest BCUT2D eigenvalue weighted by Crippen LogP contribution is 2.20. The number of nitrogens with two attached hydrogens (primary N) is 1. The quantitative estimate of drug-likeness (QED) is 0.393. The van der Waals surface area contributed by atoms with Crippen molar-refractivity contribution in [2.45, 2.75) is 44.6 Å². The van der Waals surface area contributed by atoms with Gasteiger partial charge in [-0.15, -0.1) is 11.3 Å². The van der Waals surface area contributed by atoms with E-state index in [4.69, 9.17) is 10.6 Å². The van der Waals surface area contributed by atoms with Crippen molar-refractivity contribution in [3.8, 4) is 0 Å². The van der Waals surface area contributed by atoms with Gasteiger partial charge in [-0.2, -0.15) is 0 Å². The molecule has 0 unspecified atom stereocenters. The summed E-state index contributed by atoms with van der Waals surface area (Å²) in [4.78, 5) is 20.4. The zero-order valence-electron chi connectivity index (χ0n) is 10.2. The Morgan fingerprint density at radius 3 is 2.72 bits per heavy atom. The minimum absolute atomic E-state index is 0.124. The van der Waals surface area contributed by atoms with Crippen molar-refractivity contribution in [2.24, 2.45) is 5.16 Å². The van der Waals surface area contributed by atoms with E-state index in [9.17, 15) is 4.79 Å². The maximum atomic E-state index is 11.0. The predicted molar refractivity (Wildman–Crippen MR) is 71.7 cm³/mol. The summed E-state index contributed by atoms with van der Waals surface area (Å²) in [6.45, 7) is 0. The molecule has 18 heavy (non-hydrogen) atoms. The van der Waals surface area contributed by atoms with Gasteiger partial charge in [0.2, 0.25) is 0 Å². The van der Waals surface area contributed by atoms with Crippen molar-refractivity contribution >= 4 is 28.5 Å². The second-order valence-electron chi connectivity index (χ2n) is 4.38. The van der Waals surface area contributed by atoms with E-state index in [1.165, 1.54) is 37.0 Å². The minimum Gasteiger partial charge on any atom is -0.392 e. The number of aromatic nitrogens is 1. The third kappa shape index (κ3) is 3.53. The molecule has 1 aliphatic carbocycles. The standard InChI is InChI=1S/C12H17N3O2S/c13-12-14-11(8-18-12)10(7-16)15-17-9-5-3-1-2-4-6-9/h7-9H,1-6H2,(H2,13,14)/b15-10+. The van der Waals surface area contributed by atoms with Crippen LogP contribution in [-0.4, -0.2) is 23.1 Å². The lowest BCUT2D eigenvalue weighted by molar-refractivity contribution is -0.102. The van der Waals surface area contributed by atoms with Gasteiger partial charge in [0, 0.05) is 5.38 Å². The molecule has 0 amide bonds. The molecule has 5 nitrogen and oxygen atoms in total. The van der Waals surface area contributed by atoms with Gasteiger partial charge in [-0.25, -0.2) is 4.98 Å². The van der Waals surface area contributed by atoms with E-state index < -0.39 is 0 Å². The predicted octanol–water partition coefficient (Wildman–Crippen LogP) is 2.37. The zero-order chi connectivity index (χ0) is 12.8. The van der Waals surface area contributed by atoms with E-state index in [1.54, 1.807) is 5.38 Å². The maximum absolute atomic E-state index is 11.0. The highest BCUT2D eigenvalue weighted by molar-refractivity contribution is 7.13. The van der Waals surface area contributed by atoms with Gasteiger partial charge in [0.25, 0.3) is 0 Å². The Bertz CT molecular complexity index is 423. The lowest BCUT2D eigenvalue weighted by atomic mass is 10.2. The number of nitrogen functional groups attached to an aromatic ring is 1. The van der Waals surface area contributed by atoms with Crippen LogP contribution in [0.4, 0.5) is 5.13 Å². The number of rotatable bonds is 4. The number of nitrogens with zero attached hydrogens (tertiary/aromatic N) is 2. The molecule has 2 rings (SSSR count). The summed E-state index contributed by atoms with van der Waals surface area (Å²) < 4.78 is 0. The summed E-state index contributed by atoms with van der Waals surface area (Å²) >= 11 is 1.28. The number of anilines is 1. The van der Waals surface area contributed by atoms with Crippen LogP contribution in [0.1, 0.15) is 44.2 Å². The van der Waals surface area contributed by atoms with E-state index in [0.29, 0.717) is 17.1 Å². The first-order valence-electron chi connectivity index (χ1n) is 6.20. The minimum atomic E-state index is 0.124. The van der Waals surface area contributed by atoms with E-state index in [0.717, 1.165) is 12.8 Å². The number of carbonyl (C=O) groups is 1. The molecule has 6 heteroatoms. The normalized spacial score (nSPS) is 18.3. The van der Waals surface area contributed by atoms with Crippen LogP contribution >= 0.6 is 11.3 Å². The third-order valence-corrected chi connectivity index (χ3v) is 3.67. The van der Waals surface area contributed by atoms with Gasteiger partial charge in [-0.3, -0.25) is 4.79 Å². The molecule has 0 atom stereocenters. The summed E-state index contributed by atoms with van der Waals surface area (Å²) in [5.74, 6) is 0. The van der Waals surface area contributed by atoms with Crippen LogP contribution in [0.3, 0.4) is 0 Å². The Kier molecular flexibility index (Phi) is 4.69. The topological polar surface area (TPSA) is 77.6 Å². The molecule has 1 aromatic heterocycles. The fraction of sp³-hybridized carbons (Fsp3) is 0.583. The lowest BCUT2D eigenvalue weighted by Gasteiger charge is -2.11. The third-order valence-electron chi connectivity index (χ3n) is 3.00. The van der Waals surface area contributed by atoms with Crippen molar-refractivity contribution < 1.29 is 9.63 Å². The number of hydrogen-bond acceptors (Lipinski definition) is 6. The van der Waals surface area contributed by atoms with Crippen LogP contribution < -0.4 is 5.73 Å². The van der Waals surface area contributed by atoms with Gasteiger partial charge >= 0.3 is 0 Å². The molecule has 1 heterocycles. The second kappa shape index (κ2) is 6.49. The molecule has 0 saturated heterocycles. The van der Waals surface area contributed by atoms with Crippen LogP contribution in [0.15, 0.2) is 10.5 Å². The molecular weight excluding hydrogens is 250 g/mol. The smallest absolute Gasteiger partial charge is 0.180 e. The summed E-state index contributed by atoms with van der Waals surface area (Å²) in [7, 11) is 0. The van der Waals surface area contributed by atoms with E-state index in [-0.39, 0.29) is 11.8 Å². The molecule has 1 aliphatic rings. The van der Waals surface area contributed by atoms with Crippen molar-refractivity contribution in [3.05, 3.63) is 11.1 Å². The Morgan fingerprint density at radius 2 is 2.17 bits per heavy atom. The van der Waals surface area contributed by atoms with Crippen molar-refractivity contribution in [1.82, 2.24) is 4.98 Å². The molecule has 0 aliphatic heterocycles. The van der Waals surface area contributed by atoms with Crippen LogP contribution in [0.25, 0.3) is 0 Å². The summed E-state index contributed by atoms with van der Waals surface area (Å²) in [6.07, 6.45) is 7.65. The van der Waals surface area contributed by atoms with Gasteiger partial charge < -0.3 is 10.6 Å². The monoisotopic (exact) mass is 267 g/mol. The molecule has 0 radical (unpaired) electrons. The Labute approximate surface area is 110 Å². The summed E-state index contributed by atoms with van der Waals surface area (Å²) in [5.41, 5.74) is 6.23. The lowest BCUT2D eigenvalue weighted by Crippen LogP contribution is -2.11. The second-order valence-corrected chi connectivity index (χ2v) is 5.27.